The van der Waals surface area contributed by atoms with Gasteiger partial charge in [0.25, 0.3) is 10.2 Å². The van der Waals surface area contributed by atoms with Crippen molar-refractivity contribution in [3.63, 3.8) is 0 Å². The van der Waals surface area contributed by atoms with Crippen molar-refractivity contribution in [1.29, 1.82) is 0 Å². The van der Waals surface area contributed by atoms with E-state index in [0.717, 1.165) is 9.87 Å². The molecule has 198 valence electrons. The molecule has 36 heavy (non-hydrogen) atoms. The number of carbonyl (C=O) groups excluding carboxylic acids is 3. The summed E-state index contributed by atoms with van der Waals surface area (Å²) in [5.41, 5.74) is 0.940. The monoisotopic (exact) mass is 520 g/mol. The molecule has 1 aromatic carbocycles. The van der Waals surface area contributed by atoms with Crippen LogP contribution in [0.15, 0.2) is 30.3 Å². The maximum absolute atomic E-state index is 13.4. The Labute approximate surface area is 212 Å². The molecule has 2 aliphatic heterocycles. The summed E-state index contributed by atoms with van der Waals surface area (Å²) in [6, 6.07) is 7.70. The van der Waals surface area contributed by atoms with Gasteiger partial charge in [0, 0.05) is 19.5 Å². The lowest BCUT2D eigenvalue weighted by atomic mass is 10.0. The van der Waals surface area contributed by atoms with Crippen LogP contribution in [0.5, 0.6) is 0 Å². The molecule has 0 radical (unpaired) electrons. The van der Waals surface area contributed by atoms with E-state index in [4.69, 9.17) is 0 Å². The number of nitrogens with one attached hydrogen (secondary N) is 1. The topological polar surface area (TPSA) is 127 Å². The summed E-state index contributed by atoms with van der Waals surface area (Å²) in [4.78, 5) is 40.1. The average molecular weight is 521 g/mol. The number of aliphatic hydroxyl groups is 1. The first-order valence-electron chi connectivity index (χ1n) is 12.5. The molecule has 3 aliphatic rings. The average Bonchev–Trinajstić information content (AvgIpc) is 3.15. The molecule has 1 unspecified atom stereocenters. The van der Waals surface area contributed by atoms with Gasteiger partial charge in [-0.3, -0.25) is 19.3 Å². The van der Waals surface area contributed by atoms with Crippen LogP contribution in [0.1, 0.15) is 32.8 Å². The highest BCUT2D eigenvalue weighted by Crippen LogP contribution is 2.49. The predicted octanol–water partition coefficient (Wildman–Crippen LogP) is 0.233. The van der Waals surface area contributed by atoms with E-state index in [1.54, 1.807) is 6.92 Å². The molecule has 10 nitrogen and oxygen atoms in total. The smallest absolute Gasteiger partial charge is 0.282 e. The van der Waals surface area contributed by atoms with Crippen molar-refractivity contribution in [3.05, 3.63) is 35.9 Å². The highest BCUT2D eigenvalue weighted by molar-refractivity contribution is 7.86. The summed E-state index contributed by atoms with van der Waals surface area (Å²) in [6.45, 7) is 5.11. The minimum Gasteiger partial charge on any atom is -0.394 e. The molecule has 2 saturated heterocycles. The van der Waals surface area contributed by atoms with Crippen molar-refractivity contribution in [3.8, 4) is 0 Å². The van der Waals surface area contributed by atoms with Crippen molar-refractivity contribution in [2.24, 2.45) is 23.7 Å². The molecule has 2 N–H and O–H groups in total. The SMILES string of the molecule is C[C@@H]1C(=O)N(C(=O)C2[C@@H](C)[C@H]2C)[C@H]2CCN(S(=O)(=O)N(C)CC(=O)N[C@H](CO)Cc3ccccc3)[C@H]12. The number of likely N-dealkylation sites (N-methyl/N-ethyl adjacent to an activating group) is 1. The first-order valence-corrected chi connectivity index (χ1v) is 13.9. The van der Waals surface area contributed by atoms with Crippen LogP contribution < -0.4 is 5.32 Å². The van der Waals surface area contributed by atoms with Crippen LogP contribution in [0.2, 0.25) is 0 Å². The Morgan fingerprint density at radius 1 is 1.17 bits per heavy atom. The van der Waals surface area contributed by atoms with Gasteiger partial charge in [0.1, 0.15) is 0 Å². The van der Waals surface area contributed by atoms with Gasteiger partial charge < -0.3 is 10.4 Å². The Balaban J connectivity index is 1.41. The number of likely N-dealkylation sites (tertiary alicyclic amines) is 1. The number of amides is 3. The van der Waals surface area contributed by atoms with Crippen molar-refractivity contribution in [1.82, 2.24) is 18.8 Å². The lowest BCUT2D eigenvalue weighted by molar-refractivity contribution is -0.146. The molecular formula is C25H36N4O6S. The largest absolute Gasteiger partial charge is 0.394 e. The quantitative estimate of drug-likeness (QED) is 0.449. The van der Waals surface area contributed by atoms with Crippen LogP contribution in [-0.2, 0) is 31.0 Å². The fourth-order valence-corrected chi connectivity index (χ4v) is 7.38. The van der Waals surface area contributed by atoms with E-state index in [9.17, 15) is 27.9 Å². The van der Waals surface area contributed by atoms with E-state index in [1.807, 2.05) is 44.2 Å². The molecule has 0 aromatic heterocycles. The second-order valence-electron chi connectivity index (χ2n) is 10.4. The van der Waals surface area contributed by atoms with E-state index in [1.165, 1.54) is 16.3 Å². The van der Waals surface area contributed by atoms with Crippen LogP contribution in [0.25, 0.3) is 0 Å². The van der Waals surface area contributed by atoms with Gasteiger partial charge in [0.15, 0.2) is 0 Å². The van der Waals surface area contributed by atoms with Crippen molar-refractivity contribution in [2.75, 3.05) is 26.7 Å². The van der Waals surface area contributed by atoms with Crippen LogP contribution in [0.4, 0.5) is 0 Å². The van der Waals surface area contributed by atoms with Gasteiger partial charge in [-0.1, -0.05) is 51.1 Å². The minimum absolute atomic E-state index is 0.175. The van der Waals surface area contributed by atoms with Crippen LogP contribution >= 0.6 is 0 Å². The maximum Gasteiger partial charge on any atom is 0.282 e. The Morgan fingerprint density at radius 2 is 1.81 bits per heavy atom. The number of aliphatic hydroxyl groups excluding tert-OH is 1. The number of nitrogens with zero attached hydrogens (tertiary/aromatic N) is 3. The molecule has 11 heteroatoms. The number of rotatable bonds is 9. The molecule has 1 aromatic rings. The molecule has 3 amide bonds. The normalized spacial score (nSPS) is 30.9. The van der Waals surface area contributed by atoms with E-state index in [-0.39, 0.29) is 42.7 Å². The van der Waals surface area contributed by atoms with Gasteiger partial charge >= 0.3 is 0 Å². The third-order valence-corrected chi connectivity index (χ3v) is 10.1. The summed E-state index contributed by atoms with van der Waals surface area (Å²) in [5, 5.41) is 12.4. The van der Waals surface area contributed by atoms with E-state index in [0.29, 0.717) is 12.8 Å². The zero-order valence-electron chi connectivity index (χ0n) is 21.2. The molecule has 0 spiro atoms. The molecule has 4 rings (SSSR count). The highest BCUT2D eigenvalue weighted by atomic mass is 32.2. The third-order valence-electron chi connectivity index (χ3n) is 8.15. The van der Waals surface area contributed by atoms with Gasteiger partial charge in [-0.15, -0.1) is 0 Å². The summed E-state index contributed by atoms with van der Waals surface area (Å²) in [6.07, 6.45) is 0.794. The maximum atomic E-state index is 13.4. The van der Waals surface area contributed by atoms with Gasteiger partial charge in [-0.05, 0) is 30.2 Å². The number of fused-ring (bicyclic) bond motifs is 1. The molecule has 2 heterocycles. The summed E-state index contributed by atoms with van der Waals surface area (Å²) >= 11 is 0. The minimum atomic E-state index is -4.07. The molecular weight excluding hydrogens is 484 g/mol. The number of benzene rings is 1. The second kappa shape index (κ2) is 10.2. The van der Waals surface area contributed by atoms with Gasteiger partial charge in [0.2, 0.25) is 17.7 Å². The number of carbonyl (C=O) groups is 3. The van der Waals surface area contributed by atoms with Crippen molar-refractivity contribution < 1.29 is 27.9 Å². The molecule has 1 saturated carbocycles. The summed E-state index contributed by atoms with van der Waals surface area (Å²) < 4.78 is 29.1. The zero-order chi connectivity index (χ0) is 26.4. The number of hydrogen-bond acceptors (Lipinski definition) is 6. The Bertz CT molecular complexity index is 1100. The fraction of sp³-hybridized carbons (Fsp3) is 0.640. The highest BCUT2D eigenvalue weighted by Gasteiger charge is 2.60. The Morgan fingerprint density at radius 3 is 2.39 bits per heavy atom. The third kappa shape index (κ3) is 4.81. The van der Waals surface area contributed by atoms with Crippen LogP contribution in [0, 0.1) is 23.7 Å². The summed E-state index contributed by atoms with van der Waals surface area (Å²) in [7, 11) is -2.74. The van der Waals surface area contributed by atoms with Crippen molar-refractivity contribution >= 4 is 27.9 Å². The van der Waals surface area contributed by atoms with E-state index < -0.39 is 46.7 Å². The number of hydrogen-bond donors (Lipinski definition) is 2. The molecule has 0 bridgehead atoms. The second-order valence-corrected chi connectivity index (χ2v) is 12.4. The Kier molecular flexibility index (Phi) is 7.57. The van der Waals surface area contributed by atoms with E-state index >= 15 is 0 Å². The zero-order valence-corrected chi connectivity index (χ0v) is 22.0. The lowest BCUT2D eigenvalue weighted by Crippen LogP contribution is -2.51. The van der Waals surface area contributed by atoms with Gasteiger partial charge in [-0.25, -0.2) is 0 Å². The standard InChI is InChI=1S/C25H36N4O6S/c1-15-16(2)22(15)25(33)29-20-10-11-28(23(20)17(3)24(29)32)36(34,35)27(4)13-21(31)26-19(14-30)12-18-8-6-5-7-9-18/h5-9,15-17,19-20,22-23,30H,10-14H2,1-4H3,(H,26,31)/t15-,16+,17-,19-,20-,22?,23+/m0/s1. The first kappa shape index (κ1) is 26.7. The van der Waals surface area contributed by atoms with Crippen molar-refractivity contribution in [2.45, 2.75) is 51.7 Å². The molecule has 3 fully saturated rings. The van der Waals surface area contributed by atoms with Gasteiger partial charge in [-0.2, -0.15) is 17.0 Å². The molecule has 1 aliphatic carbocycles. The predicted molar refractivity (Wildman–Crippen MR) is 132 cm³/mol. The van der Waals surface area contributed by atoms with Crippen LogP contribution in [0.3, 0.4) is 0 Å². The lowest BCUT2D eigenvalue weighted by Gasteiger charge is -2.29. The Hall–Kier alpha value is -2.34. The van der Waals surface area contributed by atoms with E-state index in [2.05, 4.69) is 5.32 Å². The summed E-state index contributed by atoms with van der Waals surface area (Å²) in [5.74, 6) is -1.45. The van der Waals surface area contributed by atoms with Crippen LogP contribution in [-0.4, -0.2) is 89.6 Å². The molecule has 7 atom stereocenters. The fourth-order valence-electron chi connectivity index (χ4n) is 5.77. The number of imide groups is 1. The van der Waals surface area contributed by atoms with Gasteiger partial charge in [0.05, 0.1) is 37.2 Å². The first-order chi connectivity index (χ1) is 17.0.